The lowest BCUT2D eigenvalue weighted by Crippen LogP contribution is -2.52. The van der Waals surface area contributed by atoms with E-state index in [-0.39, 0.29) is 0 Å². The summed E-state index contributed by atoms with van der Waals surface area (Å²) in [6, 6.07) is 2.40. The molecule has 0 radical (unpaired) electrons. The summed E-state index contributed by atoms with van der Waals surface area (Å²) in [4.78, 5) is 10.4. The van der Waals surface area contributed by atoms with E-state index >= 15 is 0 Å². The standard InChI is InChI=1S/C9H13ClN4/c1-6-3-8(13-9(10)11-6)12-7-4-14(2)5-7/h3,7H,4-5H2,1-2H3,(H,11,12,13). The van der Waals surface area contributed by atoms with Gasteiger partial charge >= 0.3 is 0 Å². The van der Waals surface area contributed by atoms with E-state index in [2.05, 4.69) is 27.2 Å². The predicted molar refractivity (Wildman–Crippen MR) is 56.7 cm³/mol. The highest BCUT2D eigenvalue weighted by Gasteiger charge is 2.23. The molecule has 1 N–H and O–H groups in total. The van der Waals surface area contributed by atoms with Crippen molar-refractivity contribution in [3.63, 3.8) is 0 Å². The topological polar surface area (TPSA) is 41.0 Å². The molecular weight excluding hydrogens is 200 g/mol. The zero-order valence-corrected chi connectivity index (χ0v) is 9.04. The number of likely N-dealkylation sites (tertiary alicyclic amines) is 1. The van der Waals surface area contributed by atoms with E-state index in [4.69, 9.17) is 11.6 Å². The van der Waals surface area contributed by atoms with Gasteiger partial charge in [0.05, 0.1) is 6.04 Å². The Bertz CT molecular complexity index is 315. The number of anilines is 1. The van der Waals surface area contributed by atoms with Gasteiger partial charge in [0.1, 0.15) is 5.82 Å². The SMILES string of the molecule is Cc1cc(NC2CN(C)C2)nc(Cl)n1. The molecule has 14 heavy (non-hydrogen) atoms. The molecule has 0 aromatic carbocycles. The van der Waals surface area contributed by atoms with Gasteiger partial charge in [-0.15, -0.1) is 0 Å². The van der Waals surface area contributed by atoms with E-state index in [1.54, 1.807) is 0 Å². The lowest BCUT2D eigenvalue weighted by molar-refractivity contribution is 0.205. The molecule has 1 fully saturated rings. The van der Waals surface area contributed by atoms with Gasteiger partial charge in [0, 0.05) is 24.8 Å². The average molecular weight is 213 g/mol. The van der Waals surface area contributed by atoms with E-state index in [9.17, 15) is 0 Å². The van der Waals surface area contributed by atoms with E-state index < -0.39 is 0 Å². The number of aromatic nitrogens is 2. The van der Waals surface area contributed by atoms with E-state index in [1.165, 1.54) is 0 Å². The molecular formula is C9H13ClN4. The quantitative estimate of drug-likeness (QED) is 0.748. The van der Waals surface area contributed by atoms with Gasteiger partial charge in [0.25, 0.3) is 0 Å². The maximum atomic E-state index is 5.75. The zero-order valence-electron chi connectivity index (χ0n) is 8.29. The molecule has 76 valence electrons. The van der Waals surface area contributed by atoms with Crippen molar-refractivity contribution in [2.75, 3.05) is 25.5 Å². The fraction of sp³-hybridized carbons (Fsp3) is 0.556. The lowest BCUT2D eigenvalue weighted by Gasteiger charge is -2.36. The van der Waals surface area contributed by atoms with E-state index in [0.29, 0.717) is 11.3 Å². The molecule has 2 rings (SSSR count). The van der Waals surface area contributed by atoms with Gasteiger partial charge in [-0.3, -0.25) is 0 Å². The van der Waals surface area contributed by atoms with Crippen LogP contribution in [0.4, 0.5) is 5.82 Å². The number of hydrogen-bond acceptors (Lipinski definition) is 4. The van der Waals surface area contributed by atoms with Crippen LogP contribution in [0.1, 0.15) is 5.69 Å². The highest BCUT2D eigenvalue weighted by Crippen LogP contribution is 2.14. The molecule has 0 atom stereocenters. The number of aryl methyl sites for hydroxylation is 1. The minimum Gasteiger partial charge on any atom is -0.365 e. The molecule has 0 saturated carbocycles. The third-order valence-electron chi connectivity index (χ3n) is 2.24. The summed E-state index contributed by atoms with van der Waals surface area (Å²) in [5, 5.41) is 3.62. The highest BCUT2D eigenvalue weighted by molar-refractivity contribution is 6.28. The molecule has 0 bridgehead atoms. The first-order valence-electron chi connectivity index (χ1n) is 4.60. The first-order chi connectivity index (χ1) is 6.63. The summed E-state index contributed by atoms with van der Waals surface area (Å²) >= 11 is 5.75. The van der Waals surface area contributed by atoms with Crippen molar-refractivity contribution in [1.29, 1.82) is 0 Å². The number of hydrogen-bond donors (Lipinski definition) is 1. The second-order valence-electron chi connectivity index (χ2n) is 3.73. The van der Waals surface area contributed by atoms with Gasteiger partial charge in [-0.25, -0.2) is 9.97 Å². The van der Waals surface area contributed by atoms with Crippen LogP contribution < -0.4 is 5.32 Å². The minimum atomic E-state index is 0.306. The van der Waals surface area contributed by atoms with Crippen molar-refractivity contribution in [1.82, 2.24) is 14.9 Å². The van der Waals surface area contributed by atoms with Gasteiger partial charge in [-0.1, -0.05) is 0 Å². The summed E-state index contributed by atoms with van der Waals surface area (Å²) in [6.07, 6.45) is 0. The van der Waals surface area contributed by atoms with Gasteiger partial charge in [-0.2, -0.15) is 0 Å². The minimum absolute atomic E-state index is 0.306. The zero-order chi connectivity index (χ0) is 10.1. The van der Waals surface area contributed by atoms with Crippen molar-refractivity contribution in [3.05, 3.63) is 17.0 Å². The Balaban J connectivity index is 2.02. The lowest BCUT2D eigenvalue weighted by atomic mass is 10.1. The first kappa shape index (κ1) is 9.68. The molecule has 1 aliphatic rings. The Morgan fingerprint density at radius 2 is 2.21 bits per heavy atom. The van der Waals surface area contributed by atoms with Crippen molar-refractivity contribution in [2.24, 2.45) is 0 Å². The fourth-order valence-corrected chi connectivity index (χ4v) is 1.83. The predicted octanol–water partition coefficient (Wildman–Crippen LogP) is 1.16. The summed E-state index contributed by atoms with van der Waals surface area (Å²) in [6.45, 7) is 4.02. The smallest absolute Gasteiger partial charge is 0.224 e. The molecule has 0 unspecified atom stereocenters. The summed E-state index contributed by atoms with van der Waals surface area (Å²) < 4.78 is 0. The maximum Gasteiger partial charge on any atom is 0.224 e. The van der Waals surface area contributed by atoms with Crippen LogP contribution in [0.5, 0.6) is 0 Å². The number of rotatable bonds is 2. The number of halogens is 1. The van der Waals surface area contributed by atoms with Crippen LogP contribution in [0.15, 0.2) is 6.07 Å². The van der Waals surface area contributed by atoms with Gasteiger partial charge in [-0.05, 0) is 25.6 Å². The fourth-order valence-electron chi connectivity index (χ4n) is 1.61. The molecule has 1 saturated heterocycles. The molecule has 0 spiro atoms. The molecule has 1 aromatic rings. The van der Waals surface area contributed by atoms with Crippen LogP contribution in [0.3, 0.4) is 0 Å². The Morgan fingerprint density at radius 1 is 1.50 bits per heavy atom. The third-order valence-corrected chi connectivity index (χ3v) is 2.41. The third kappa shape index (κ3) is 2.13. The second kappa shape index (κ2) is 3.71. The Kier molecular flexibility index (Phi) is 2.56. The van der Waals surface area contributed by atoms with Crippen molar-refractivity contribution in [3.8, 4) is 0 Å². The van der Waals surface area contributed by atoms with Crippen LogP contribution in [0.2, 0.25) is 5.28 Å². The Hall–Kier alpha value is -0.870. The van der Waals surface area contributed by atoms with Crippen molar-refractivity contribution >= 4 is 17.4 Å². The number of likely N-dealkylation sites (N-methyl/N-ethyl adjacent to an activating group) is 1. The summed E-state index contributed by atoms with van der Waals surface area (Å²) in [5.41, 5.74) is 0.889. The first-order valence-corrected chi connectivity index (χ1v) is 4.97. The molecule has 0 aliphatic carbocycles. The largest absolute Gasteiger partial charge is 0.365 e. The molecule has 2 heterocycles. The summed E-state index contributed by atoms with van der Waals surface area (Å²) in [7, 11) is 2.09. The highest BCUT2D eigenvalue weighted by atomic mass is 35.5. The van der Waals surface area contributed by atoms with Crippen LogP contribution in [0.25, 0.3) is 0 Å². The second-order valence-corrected chi connectivity index (χ2v) is 4.06. The maximum absolute atomic E-state index is 5.75. The molecule has 0 amide bonds. The normalized spacial score (nSPS) is 17.9. The molecule has 5 heteroatoms. The van der Waals surface area contributed by atoms with E-state index in [0.717, 1.165) is 24.6 Å². The van der Waals surface area contributed by atoms with Crippen LogP contribution in [-0.4, -0.2) is 41.0 Å². The van der Waals surface area contributed by atoms with Gasteiger partial charge in [0.2, 0.25) is 5.28 Å². The monoisotopic (exact) mass is 212 g/mol. The van der Waals surface area contributed by atoms with Gasteiger partial charge in [0.15, 0.2) is 0 Å². The molecule has 4 nitrogen and oxygen atoms in total. The summed E-state index contributed by atoms with van der Waals surface area (Å²) in [5.74, 6) is 0.820. The van der Waals surface area contributed by atoms with Gasteiger partial charge < -0.3 is 10.2 Å². The average Bonchev–Trinajstić information content (AvgIpc) is 1.99. The molecule has 1 aliphatic heterocycles. The van der Waals surface area contributed by atoms with Crippen LogP contribution in [0, 0.1) is 6.92 Å². The van der Waals surface area contributed by atoms with Crippen molar-refractivity contribution < 1.29 is 0 Å². The number of nitrogens with one attached hydrogen (secondary N) is 1. The van der Waals surface area contributed by atoms with Crippen molar-refractivity contribution in [2.45, 2.75) is 13.0 Å². The molecule has 1 aromatic heterocycles. The number of nitrogens with zero attached hydrogens (tertiary/aromatic N) is 3. The van der Waals surface area contributed by atoms with E-state index in [1.807, 2.05) is 13.0 Å². The Morgan fingerprint density at radius 3 is 2.79 bits per heavy atom. The Labute approximate surface area is 88.3 Å². The van der Waals surface area contributed by atoms with Crippen LogP contribution >= 0.6 is 11.6 Å². The van der Waals surface area contributed by atoms with Crippen LogP contribution in [-0.2, 0) is 0 Å².